The van der Waals surface area contributed by atoms with Crippen LogP contribution in [0.1, 0.15) is 10.4 Å². The molecule has 0 aliphatic carbocycles. The lowest BCUT2D eigenvalue weighted by Gasteiger charge is -1.96. The van der Waals surface area contributed by atoms with Crippen LogP contribution in [0.2, 0.25) is 0 Å². The molecule has 0 saturated heterocycles. The minimum absolute atomic E-state index is 0.292. The van der Waals surface area contributed by atoms with E-state index in [9.17, 15) is 9.59 Å². The number of hydrogen-bond donors (Lipinski definition) is 0. The summed E-state index contributed by atoms with van der Waals surface area (Å²) in [6.07, 6.45) is 2.27. The zero-order chi connectivity index (χ0) is 10.6. The van der Waals surface area contributed by atoms with E-state index in [-0.39, 0.29) is 0 Å². The lowest BCUT2D eigenvalue weighted by atomic mass is 10.3. The minimum atomic E-state index is -0.559. The summed E-state index contributed by atoms with van der Waals surface area (Å²) in [6.45, 7) is 0. The average molecular weight is 196 g/mol. The van der Waals surface area contributed by atoms with Crippen molar-refractivity contribution in [3.05, 3.63) is 30.1 Å². The van der Waals surface area contributed by atoms with Crippen molar-refractivity contribution in [2.24, 2.45) is 0 Å². The van der Waals surface area contributed by atoms with Gasteiger partial charge in [-0.15, -0.1) is 0 Å². The smallest absolute Gasteiger partial charge is 0.465 e. The summed E-state index contributed by atoms with van der Waals surface area (Å²) in [6, 6.07) is 3.11. The summed E-state index contributed by atoms with van der Waals surface area (Å²) in [7, 11) is 2.54. The van der Waals surface area contributed by atoms with E-state index < -0.39 is 12.1 Å². The predicted molar refractivity (Wildman–Crippen MR) is 45.8 cm³/mol. The van der Waals surface area contributed by atoms with Crippen LogP contribution >= 0.6 is 0 Å². The lowest BCUT2D eigenvalue weighted by molar-refractivity contribution is -0.585. The van der Waals surface area contributed by atoms with E-state index in [1.54, 1.807) is 12.1 Å². The first-order valence-corrected chi connectivity index (χ1v) is 3.87. The van der Waals surface area contributed by atoms with Crippen molar-refractivity contribution in [3.63, 3.8) is 0 Å². The van der Waals surface area contributed by atoms with Crippen LogP contribution in [0.4, 0.5) is 4.79 Å². The summed E-state index contributed by atoms with van der Waals surface area (Å²) in [5.41, 5.74) is 0.292. The molecular weight excluding hydrogens is 186 g/mol. The topological polar surface area (TPSA) is 56.5 Å². The Bertz CT molecular complexity index is 330. The first-order chi connectivity index (χ1) is 6.69. The van der Waals surface area contributed by atoms with Crippen LogP contribution in [0.15, 0.2) is 24.5 Å². The molecule has 0 radical (unpaired) electrons. The summed E-state index contributed by atoms with van der Waals surface area (Å²) < 4.78 is 10.1. The summed E-state index contributed by atoms with van der Waals surface area (Å²) in [5.74, 6) is -0.497. The number of carbonyl (C=O) groups is 2. The van der Waals surface area contributed by atoms with Crippen LogP contribution in [0.25, 0.3) is 0 Å². The number of rotatable bonds is 1. The zero-order valence-electron chi connectivity index (χ0n) is 7.89. The molecule has 1 aromatic rings. The molecule has 0 aromatic carbocycles. The van der Waals surface area contributed by atoms with Crippen LogP contribution in [-0.2, 0) is 9.47 Å². The molecule has 0 atom stereocenters. The highest BCUT2D eigenvalue weighted by molar-refractivity contribution is 5.88. The Hall–Kier alpha value is -1.91. The first-order valence-electron chi connectivity index (χ1n) is 3.87. The number of pyridine rings is 1. The summed E-state index contributed by atoms with van der Waals surface area (Å²) in [5, 5.41) is 0. The van der Waals surface area contributed by atoms with E-state index in [0.29, 0.717) is 5.56 Å². The Kier molecular flexibility index (Phi) is 3.17. The van der Waals surface area contributed by atoms with Gasteiger partial charge in [0.25, 0.3) is 0 Å². The van der Waals surface area contributed by atoms with E-state index in [4.69, 9.17) is 0 Å². The van der Waals surface area contributed by atoms with Crippen molar-refractivity contribution in [1.29, 1.82) is 0 Å². The number of carbonyl (C=O) groups excluding carboxylic acids is 2. The average Bonchev–Trinajstić information content (AvgIpc) is 2.27. The van der Waals surface area contributed by atoms with Gasteiger partial charge >= 0.3 is 12.1 Å². The van der Waals surface area contributed by atoms with Gasteiger partial charge in [-0.1, -0.05) is 4.57 Å². The summed E-state index contributed by atoms with van der Waals surface area (Å²) >= 11 is 0. The monoisotopic (exact) mass is 196 g/mol. The van der Waals surface area contributed by atoms with E-state index in [1.165, 1.54) is 26.6 Å². The molecule has 74 valence electrons. The Morgan fingerprint density at radius 2 is 2.00 bits per heavy atom. The van der Waals surface area contributed by atoms with Gasteiger partial charge in [0.2, 0.25) is 0 Å². The van der Waals surface area contributed by atoms with Gasteiger partial charge in [-0.05, 0) is 6.07 Å². The number of esters is 1. The minimum Gasteiger partial charge on any atom is -0.465 e. The van der Waals surface area contributed by atoms with Gasteiger partial charge in [0.05, 0.1) is 14.2 Å². The summed E-state index contributed by atoms with van der Waals surface area (Å²) in [4.78, 5) is 22.2. The molecule has 0 bridgehead atoms. The van der Waals surface area contributed by atoms with Crippen LogP contribution in [0.5, 0.6) is 0 Å². The van der Waals surface area contributed by atoms with Gasteiger partial charge in [-0.3, -0.25) is 0 Å². The maximum absolute atomic E-state index is 11.1. The number of hydrogen-bond acceptors (Lipinski definition) is 4. The van der Waals surface area contributed by atoms with E-state index in [1.807, 2.05) is 0 Å². The number of nitrogens with zero attached hydrogens (tertiary/aromatic N) is 1. The van der Waals surface area contributed by atoms with E-state index in [0.717, 1.165) is 4.57 Å². The molecule has 1 heterocycles. The highest BCUT2D eigenvalue weighted by Crippen LogP contribution is 1.96. The standard InChI is InChI=1S/C9H10NO4/c1-13-8(11)7-4-3-5-10(6-7)9(12)14-2/h3-6H,1-2H3/q+1. The Labute approximate surface area is 80.9 Å². The Morgan fingerprint density at radius 1 is 1.29 bits per heavy atom. The molecule has 1 rings (SSSR count). The van der Waals surface area contributed by atoms with Crippen LogP contribution in [0, 0.1) is 0 Å². The highest BCUT2D eigenvalue weighted by atomic mass is 16.5. The lowest BCUT2D eigenvalue weighted by Crippen LogP contribution is -2.42. The molecule has 0 spiro atoms. The van der Waals surface area contributed by atoms with Crippen molar-refractivity contribution in [2.45, 2.75) is 0 Å². The number of aromatic nitrogens is 1. The fourth-order valence-electron chi connectivity index (χ4n) is 0.933. The third kappa shape index (κ3) is 2.07. The quantitative estimate of drug-likeness (QED) is 0.481. The molecule has 0 unspecified atom stereocenters. The third-order valence-corrected chi connectivity index (χ3v) is 1.61. The van der Waals surface area contributed by atoms with Crippen molar-refractivity contribution in [2.75, 3.05) is 14.2 Å². The number of methoxy groups -OCH3 is 2. The second kappa shape index (κ2) is 4.36. The second-order valence-corrected chi connectivity index (χ2v) is 2.46. The van der Waals surface area contributed by atoms with Crippen molar-refractivity contribution >= 4 is 12.1 Å². The number of ether oxygens (including phenoxy) is 2. The SMILES string of the molecule is COC(=O)c1ccc[n+](C(=O)OC)c1. The van der Waals surface area contributed by atoms with Gasteiger partial charge in [-0.25, -0.2) is 4.79 Å². The maximum Gasteiger partial charge on any atom is 0.601 e. The predicted octanol–water partition coefficient (Wildman–Crippen LogP) is 0.375. The highest BCUT2D eigenvalue weighted by Gasteiger charge is 2.17. The molecule has 0 saturated carbocycles. The van der Waals surface area contributed by atoms with Crippen molar-refractivity contribution < 1.29 is 23.6 Å². The first kappa shape index (κ1) is 10.2. The molecule has 5 nitrogen and oxygen atoms in total. The van der Waals surface area contributed by atoms with Crippen molar-refractivity contribution in [3.8, 4) is 0 Å². The van der Waals surface area contributed by atoms with Crippen LogP contribution in [0.3, 0.4) is 0 Å². The zero-order valence-corrected chi connectivity index (χ0v) is 7.89. The molecule has 14 heavy (non-hydrogen) atoms. The van der Waals surface area contributed by atoms with Crippen molar-refractivity contribution in [1.82, 2.24) is 0 Å². The largest absolute Gasteiger partial charge is 0.601 e. The normalized spacial score (nSPS) is 9.29. The van der Waals surface area contributed by atoms with Crippen LogP contribution in [-0.4, -0.2) is 26.3 Å². The maximum atomic E-state index is 11.1. The molecule has 1 aromatic heterocycles. The molecular formula is C9H10NO4+. The molecule has 5 heteroatoms. The fraction of sp³-hybridized carbons (Fsp3) is 0.222. The van der Waals surface area contributed by atoms with Gasteiger partial charge in [0, 0.05) is 6.07 Å². The molecule has 0 fully saturated rings. The Balaban J connectivity index is 3.01. The van der Waals surface area contributed by atoms with Crippen LogP contribution < -0.4 is 4.57 Å². The Morgan fingerprint density at radius 3 is 2.57 bits per heavy atom. The van der Waals surface area contributed by atoms with Gasteiger partial charge < -0.3 is 9.47 Å². The molecule has 0 aliphatic heterocycles. The van der Waals surface area contributed by atoms with E-state index >= 15 is 0 Å². The molecule has 0 N–H and O–H groups in total. The second-order valence-electron chi connectivity index (χ2n) is 2.46. The van der Waals surface area contributed by atoms with Gasteiger partial charge in [-0.2, -0.15) is 4.79 Å². The fourth-order valence-corrected chi connectivity index (χ4v) is 0.933. The van der Waals surface area contributed by atoms with E-state index in [2.05, 4.69) is 9.47 Å². The van der Waals surface area contributed by atoms with Gasteiger partial charge in [0.15, 0.2) is 12.4 Å². The third-order valence-electron chi connectivity index (χ3n) is 1.61. The molecule has 0 aliphatic rings. The molecule has 0 amide bonds. The van der Waals surface area contributed by atoms with Gasteiger partial charge in [0.1, 0.15) is 5.56 Å².